The molecule has 0 unspecified atom stereocenters. The predicted molar refractivity (Wildman–Crippen MR) is 320 cm³/mol. The van der Waals surface area contributed by atoms with Crippen LogP contribution in [0.25, 0.3) is 11.1 Å². The topological polar surface area (TPSA) is 442 Å². The number of benzene rings is 2. The number of carbonyl (C=O) groups excluding carboxylic acids is 14. The lowest BCUT2D eigenvalue weighted by Crippen LogP contribution is -2.67. The van der Waals surface area contributed by atoms with E-state index in [-0.39, 0.29) is 11.5 Å². The summed E-state index contributed by atoms with van der Waals surface area (Å²) in [5.74, 6) is -12.9. The van der Waals surface area contributed by atoms with Gasteiger partial charge >= 0.3 is 83.6 Å². The zero-order chi connectivity index (χ0) is 74.0. The first-order valence-electron chi connectivity index (χ1n) is 30.8. The van der Waals surface area contributed by atoms with Crippen LogP contribution in [0.15, 0.2) is 48.5 Å². The molecule has 0 aromatic heterocycles. The first-order chi connectivity index (χ1) is 47.1. The fourth-order valence-electron chi connectivity index (χ4n) is 10.9. The summed E-state index contributed by atoms with van der Waals surface area (Å²) in [5.41, 5.74) is 1.04. The van der Waals surface area contributed by atoms with Crippen LogP contribution in [0.4, 0.5) is 0 Å². The van der Waals surface area contributed by atoms with Crippen molar-refractivity contribution in [2.45, 2.75) is 220 Å². The van der Waals surface area contributed by atoms with Gasteiger partial charge < -0.3 is 104 Å². The van der Waals surface area contributed by atoms with Crippen LogP contribution in [-0.4, -0.2) is 233 Å². The highest BCUT2D eigenvalue weighted by atomic mass is 16.8. The van der Waals surface area contributed by atoms with Crippen LogP contribution >= 0.6 is 0 Å². The fraction of sp³-hybridized carbons (Fsp3) is 0.594. The summed E-state index contributed by atoms with van der Waals surface area (Å²) < 4.78 is 128. The van der Waals surface area contributed by atoms with E-state index in [4.69, 9.17) is 104 Å². The van der Waals surface area contributed by atoms with Crippen molar-refractivity contribution in [3.8, 4) is 22.6 Å². The van der Waals surface area contributed by atoms with Crippen LogP contribution in [0.5, 0.6) is 11.5 Å². The standard InChI is InChI=1S/C64H78O36/c1-27(65)79-23-45-49(83-31(5)69)53(85-33(7)71)59(91-39(13)77)63(97-45)99-51-47(25-81-29(3)67)95-61(57(89-37(11)75)55(51)87-35(9)73)93-43-19-15-41(16-20-43)42-17-21-44(22-18-42)94-62-58(90-38(12)76)56(88-36(10)74)52(48(96-62)26-82-30(4)68)100-64-60(92-40(14)78)54(86-34(8)72)50(84-32(6)70)46(98-64)24-80-28(2)66/h15-22,45-64H,23-26H2,1-14H3/t45-,46-,47-,48-,49-,50-,51-,52-,53+,54+,55+,56+,57-,58-,59-,60-,61-,62-,63-,64-/m1/s1. The molecule has 4 aliphatic heterocycles. The minimum absolute atomic E-state index is 0.0330. The molecule has 20 atom stereocenters. The van der Waals surface area contributed by atoms with Crippen molar-refractivity contribution in [2.24, 2.45) is 0 Å². The van der Waals surface area contributed by atoms with Crippen molar-refractivity contribution in [3.63, 3.8) is 0 Å². The maximum Gasteiger partial charge on any atom is 0.303 e. The number of hydrogen-bond donors (Lipinski definition) is 0. The minimum Gasteiger partial charge on any atom is -0.463 e. The molecule has 0 radical (unpaired) electrons. The summed E-state index contributed by atoms with van der Waals surface area (Å²) in [6, 6.07) is 12.2. The van der Waals surface area contributed by atoms with E-state index in [1.165, 1.54) is 24.3 Å². The molecule has 0 bridgehead atoms. The molecule has 4 saturated heterocycles. The molecular formula is C64H78O36. The lowest BCUT2D eigenvalue weighted by Gasteiger charge is -2.48. The van der Waals surface area contributed by atoms with Gasteiger partial charge in [-0.25, -0.2) is 0 Å². The van der Waals surface area contributed by atoms with Gasteiger partial charge in [0.15, 0.2) is 61.4 Å². The van der Waals surface area contributed by atoms with Gasteiger partial charge in [0.25, 0.3) is 0 Å². The van der Waals surface area contributed by atoms with Gasteiger partial charge in [0.2, 0.25) is 24.8 Å². The Bertz CT molecular complexity index is 3060. The third-order valence-corrected chi connectivity index (χ3v) is 14.3. The third-order valence-electron chi connectivity index (χ3n) is 14.3. The number of ether oxygens (including phenoxy) is 22. The second kappa shape index (κ2) is 36.5. The van der Waals surface area contributed by atoms with Crippen molar-refractivity contribution in [1.29, 1.82) is 0 Å². The molecule has 0 saturated carbocycles. The van der Waals surface area contributed by atoms with Crippen LogP contribution in [0.3, 0.4) is 0 Å². The monoisotopic (exact) mass is 1420 g/mol. The second-order valence-electron chi connectivity index (χ2n) is 22.6. The first-order valence-corrected chi connectivity index (χ1v) is 30.8. The Morgan fingerprint density at radius 3 is 0.660 bits per heavy atom. The molecule has 0 spiro atoms. The number of carbonyl (C=O) groups is 14. The predicted octanol–water partition coefficient (Wildman–Crippen LogP) is 1.35. The molecule has 36 nitrogen and oxygen atoms in total. The Kier molecular flexibility index (Phi) is 28.9. The Morgan fingerprint density at radius 2 is 0.430 bits per heavy atom. The second-order valence-corrected chi connectivity index (χ2v) is 22.6. The van der Waals surface area contributed by atoms with Crippen LogP contribution in [0.1, 0.15) is 96.9 Å². The lowest BCUT2D eigenvalue weighted by atomic mass is 9.96. The zero-order valence-electron chi connectivity index (χ0n) is 56.7. The zero-order valence-corrected chi connectivity index (χ0v) is 56.7. The van der Waals surface area contributed by atoms with Crippen molar-refractivity contribution in [3.05, 3.63) is 48.5 Å². The van der Waals surface area contributed by atoms with Crippen molar-refractivity contribution >= 4 is 83.6 Å². The van der Waals surface area contributed by atoms with Gasteiger partial charge in [0, 0.05) is 96.9 Å². The Morgan fingerprint density at radius 1 is 0.240 bits per heavy atom. The average Bonchev–Trinajstić information content (AvgIpc) is 0.772. The smallest absolute Gasteiger partial charge is 0.303 e. The summed E-state index contributed by atoms with van der Waals surface area (Å²) in [5, 5.41) is 0. The van der Waals surface area contributed by atoms with E-state index in [0.717, 1.165) is 96.9 Å². The fourth-order valence-corrected chi connectivity index (χ4v) is 10.9. The molecule has 4 fully saturated rings. The quantitative estimate of drug-likeness (QED) is 0.0899. The molecule has 2 aromatic carbocycles. The maximum absolute atomic E-state index is 13.1. The molecule has 0 amide bonds. The third kappa shape index (κ3) is 23.2. The normalized spacial score (nSPS) is 29.1. The van der Waals surface area contributed by atoms with Gasteiger partial charge in [-0.1, -0.05) is 24.3 Å². The van der Waals surface area contributed by atoms with Crippen LogP contribution in [-0.2, 0) is 162 Å². The Balaban J connectivity index is 1.31. The van der Waals surface area contributed by atoms with Gasteiger partial charge in [-0.3, -0.25) is 67.1 Å². The van der Waals surface area contributed by atoms with Gasteiger partial charge in [0.05, 0.1) is 0 Å². The summed E-state index contributed by atoms with van der Waals surface area (Å²) in [4.78, 5) is 177. The molecular weight excluding hydrogens is 1340 g/mol. The molecule has 0 aliphatic carbocycles. The van der Waals surface area contributed by atoms with Crippen LogP contribution < -0.4 is 9.47 Å². The van der Waals surface area contributed by atoms with E-state index < -0.39 is 233 Å². The largest absolute Gasteiger partial charge is 0.463 e. The highest BCUT2D eigenvalue weighted by Gasteiger charge is 2.60. The van der Waals surface area contributed by atoms with Gasteiger partial charge in [0.1, 0.15) is 74.6 Å². The highest BCUT2D eigenvalue weighted by molar-refractivity contribution is 5.72. The molecule has 6 rings (SSSR count). The Labute approximate surface area is 570 Å². The highest BCUT2D eigenvalue weighted by Crippen LogP contribution is 2.39. The lowest BCUT2D eigenvalue weighted by molar-refractivity contribution is -0.354. The number of hydrogen-bond acceptors (Lipinski definition) is 36. The summed E-state index contributed by atoms with van der Waals surface area (Å²) in [6.07, 6.45) is -34.4. The summed E-state index contributed by atoms with van der Waals surface area (Å²) in [7, 11) is 0. The molecule has 2 aromatic rings. The van der Waals surface area contributed by atoms with E-state index in [2.05, 4.69) is 0 Å². The molecule has 100 heavy (non-hydrogen) atoms. The van der Waals surface area contributed by atoms with Crippen molar-refractivity contribution in [1.82, 2.24) is 0 Å². The van der Waals surface area contributed by atoms with Crippen molar-refractivity contribution in [2.75, 3.05) is 26.4 Å². The molecule has 0 N–H and O–H groups in total. The maximum atomic E-state index is 13.1. The van der Waals surface area contributed by atoms with E-state index in [9.17, 15) is 67.1 Å². The molecule has 36 heteroatoms. The van der Waals surface area contributed by atoms with Gasteiger partial charge in [-0.15, -0.1) is 0 Å². The van der Waals surface area contributed by atoms with E-state index >= 15 is 0 Å². The van der Waals surface area contributed by atoms with Gasteiger partial charge in [-0.05, 0) is 35.4 Å². The summed E-state index contributed by atoms with van der Waals surface area (Å²) in [6.45, 7) is 11.6. The van der Waals surface area contributed by atoms with E-state index in [1.54, 1.807) is 24.3 Å². The SMILES string of the molecule is CC(=O)OC[C@H]1O[C@H](O[C@H]2[C@H](OC(C)=O)[C@@H](OC(C)=O)[C@H](Oc3ccc(-c4ccc(O[C@@H]5O[C@H](COC(C)=O)[C@@H](O[C@H]6O[C@H](COC(C)=O)[C@@H](OC(C)=O)[C@H](OC(C)=O)[C@H]6OC(C)=O)[C@H](OC(C)=O)[C@H]5OC(C)=O)cc4)cc3)O[C@@H]2COC(C)=O)[C@H](OC(C)=O)[C@@H](OC(C)=O)[C@@H]1OC(C)=O. The van der Waals surface area contributed by atoms with Crippen molar-refractivity contribution < 1.29 is 171 Å². The minimum atomic E-state index is -1.93. The van der Waals surface area contributed by atoms with Gasteiger partial charge in [-0.2, -0.15) is 0 Å². The average molecular weight is 1420 g/mol. The molecule has 4 heterocycles. The van der Waals surface area contributed by atoms with E-state index in [1.807, 2.05) is 0 Å². The Hall–Kier alpha value is -9.62. The molecule has 550 valence electrons. The van der Waals surface area contributed by atoms with E-state index in [0.29, 0.717) is 11.1 Å². The number of esters is 14. The van der Waals surface area contributed by atoms with Crippen LogP contribution in [0, 0.1) is 0 Å². The summed E-state index contributed by atoms with van der Waals surface area (Å²) >= 11 is 0. The number of rotatable bonds is 27. The first kappa shape index (κ1) is 79.4. The molecule has 4 aliphatic rings. The van der Waals surface area contributed by atoms with Crippen LogP contribution in [0.2, 0.25) is 0 Å².